The zero-order valence-corrected chi connectivity index (χ0v) is 17.0. The molecule has 22 heavy (non-hydrogen) atoms. The molecule has 1 aliphatic heterocycles. The fourth-order valence-electron chi connectivity index (χ4n) is 2.49. The third kappa shape index (κ3) is 4.14. The van der Waals surface area contributed by atoms with Gasteiger partial charge in [-0.2, -0.15) is 0 Å². The van der Waals surface area contributed by atoms with E-state index in [1.807, 2.05) is 20.8 Å². The van der Waals surface area contributed by atoms with Gasteiger partial charge in [0.1, 0.15) is 0 Å². The first kappa shape index (κ1) is 19.7. The normalized spacial score (nSPS) is 25.2. The lowest BCUT2D eigenvalue weighted by Gasteiger charge is -2.46. The van der Waals surface area contributed by atoms with Gasteiger partial charge in [-0.3, -0.25) is 9.59 Å². The van der Waals surface area contributed by atoms with Gasteiger partial charge >= 0.3 is 0 Å². The Labute approximate surface area is 140 Å². The summed E-state index contributed by atoms with van der Waals surface area (Å²) in [5.41, 5.74) is 0. The molecule has 0 aliphatic carbocycles. The van der Waals surface area contributed by atoms with E-state index in [9.17, 15) is 9.59 Å². The van der Waals surface area contributed by atoms with E-state index >= 15 is 0 Å². The average molecular weight is 346 g/mol. The van der Waals surface area contributed by atoms with E-state index in [-0.39, 0.29) is 40.0 Å². The van der Waals surface area contributed by atoms with Gasteiger partial charge in [0.15, 0.2) is 13.4 Å². The highest BCUT2D eigenvalue weighted by molar-refractivity contribution is 8.13. The monoisotopic (exact) mass is 345 g/mol. The molecular weight excluding hydrogens is 314 g/mol. The number of hydrogen-bond acceptors (Lipinski definition) is 4. The van der Waals surface area contributed by atoms with Crippen molar-refractivity contribution in [3.63, 3.8) is 0 Å². The molecular formula is C16H31NO3SSi. The molecule has 1 fully saturated rings. The number of hydrogen-bond donors (Lipinski definition) is 1. The smallest absolute Gasteiger partial charge is 0.228 e. The van der Waals surface area contributed by atoms with Crippen LogP contribution in [0.5, 0.6) is 0 Å². The second-order valence-electron chi connectivity index (χ2n) is 7.68. The van der Waals surface area contributed by atoms with Crippen LogP contribution in [0.4, 0.5) is 0 Å². The van der Waals surface area contributed by atoms with Gasteiger partial charge in [-0.1, -0.05) is 46.4 Å². The molecule has 128 valence electrons. The first-order valence-corrected chi connectivity index (χ1v) is 12.0. The first-order chi connectivity index (χ1) is 9.92. The van der Waals surface area contributed by atoms with Crippen LogP contribution in [0, 0.1) is 11.8 Å². The lowest BCUT2D eigenvalue weighted by atomic mass is 9.79. The minimum Gasteiger partial charge on any atom is -0.413 e. The predicted molar refractivity (Wildman–Crippen MR) is 95.5 cm³/mol. The molecule has 1 heterocycles. The summed E-state index contributed by atoms with van der Waals surface area (Å²) in [5, 5.41) is 3.16. The molecule has 1 amide bonds. The molecule has 6 heteroatoms. The molecule has 0 radical (unpaired) electrons. The molecule has 0 aromatic heterocycles. The van der Waals surface area contributed by atoms with Crippen molar-refractivity contribution in [3.8, 4) is 0 Å². The highest BCUT2D eigenvalue weighted by Gasteiger charge is 2.50. The SMILES string of the molecule is CCSC(=O)[C@@H](C)[C@H]1NC(=O)[C@@H]1[C@@H](C)O[Si](C)(C)C(C)(C)C. The van der Waals surface area contributed by atoms with Crippen molar-refractivity contribution >= 4 is 31.1 Å². The van der Waals surface area contributed by atoms with Crippen LogP contribution in [0.1, 0.15) is 41.5 Å². The number of carbonyl (C=O) groups is 2. The summed E-state index contributed by atoms with van der Waals surface area (Å²) in [6.45, 7) is 16.8. The van der Waals surface area contributed by atoms with Crippen molar-refractivity contribution in [2.75, 3.05) is 5.75 Å². The summed E-state index contributed by atoms with van der Waals surface area (Å²) in [4.78, 5) is 24.1. The lowest BCUT2D eigenvalue weighted by molar-refractivity contribution is -0.143. The van der Waals surface area contributed by atoms with E-state index in [0.29, 0.717) is 0 Å². The Morgan fingerprint density at radius 2 is 1.91 bits per heavy atom. The van der Waals surface area contributed by atoms with Gasteiger partial charge in [0.25, 0.3) is 0 Å². The average Bonchev–Trinajstić information content (AvgIpc) is 2.32. The summed E-state index contributed by atoms with van der Waals surface area (Å²) >= 11 is 1.33. The minimum atomic E-state index is -1.92. The Morgan fingerprint density at radius 1 is 1.36 bits per heavy atom. The van der Waals surface area contributed by atoms with Gasteiger partial charge in [-0.25, -0.2) is 0 Å². The Balaban J connectivity index is 2.77. The number of carbonyl (C=O) groups excluding carboxylic acids is 2. The van der Waals surface area contributed by atoms with Crippen molar-refractivity contribution < 1.29 is 14.0 Å². The molecule has 1 aliphatic rings. The van der Waals surface area contributed by atoms with Crippen LogP contribution in [0.2, 0.25) is 18.1 Å². The number of amides is 1. The Kier molecular flexibility index (Phi) is 6.32. The van der Waals surface area contributed by atoms with Gasteiger partial charge in [0, 0.05) is 5.92 Å². The topological polar surface area (TPSA) is 55.4 Å². The van der Waals surface area contributed by atoms with Crippen molar-refractivity contribution in [2.45, 2.75) is 71.8 Å². The summed E-state index contributed by atoms with van der Waals surface area (Å²) < 4.78 is 6.36. The molecule has 0 unspecified atom stereocenters. The van der Waals surface area contributed by atoms with Crippen molar-refractivity contribution in [2.24, 2.45) is 11.8 Å². The summed E-state index contributed by atoms with van der Waals surface area (Å²) in [6, 6.07) is -0.0983. The van der Waals surface area contributed by atoms with Gasteiger partial charge in [0.2, 0.25) is 5.91 Å². The van der Waals surface area contributed by atoms with Crippen LogP contribution in [0.25, 0.3) is 0 Å². The highest BCUT2D eigenvalue weighted by Crippen LogP contribution is 2.39. The third-order valence-corrected chi connectivity index (χ3v) is 10.5. The molecule has 4 nitrogen and oxygen atoms in total. The fraction of sp³-hybridized carbons (Fsp3) is 0.875. The Morgan fingerprint density at radius 3 is 2.32 bits per heavy atom. The Hall–Kier alpha value is -0.333. The summed E-state index contributed by atoms with van der Waals surface area (Å²) in [5.74, 6) is 0.394. The van der Waals surface area contributed by atoms with E-state index in [0.717, 1.165) is 5.75 Å². The van der Waals surface area contributed by atoms with Crippen LogP contribution >= 0.6 is 11.8 Å². The number of β-lactam (4-membered cyclic amide) rings is 1. The van der Waals surface area contributed by atoms with E-state index in [1.54, 1.807) is 0 Å². The molecule has 1 N–H and O–H groups in total. The number of nitrogens with one attached hydrogen (secondary N) is 1. The number of thioether (sulfide) groups is 1. The van der Waals surface area contributed by atoms with Crippen LogP contribution in [-0.4, -0.2) is 37.2 Å². The van der Waals surface area contributed by atoms with E-state index in [2.05, 4.69) is 39.2 Å². The predicted octanol–water partition coefficient (Wildman–Crippen LogP) is 3.43. The standard InChI is InChI=1S/C16H31NO3SSi/c1-9-21-15(19)10(2)13-12(14(18)17-13)11(3)20-22(7,8)16(4,5)6/h10-13H,9H2,1-8H3,(H,17,18)/t10-,11+,12+,13+/m0/s1. The Bertz CT molecular complexity index is 434. The van der Waals surface area contributed by atoms with Crippen molar-refractivity contribution in [1.82, 2.24) is 5.32 Å². The van der Waals surface area contributed by atoms with Crippen molar-refractivity contribution in [1.29, 1.82) is 0 Å². The van der Waals surface area contributed by atoms with Gasteiger partial charge in [-0.05, 0) is 30.8 Å². The van der Waals surface area contributed by atoms with Crippen LogP contribution in [0.3, 0.4) is 0 Å². The van der Waals surface area contributed by atoms with Crippen LogP contribution < -0.4 is 5.32 Å². The maximum absolute atomic E-state index is 12.1. The van der Waals surface area contributed by atoms with Crippen LogP contribution in [0.15, 0.2) is 0 Å². The minimum absolute atomic E-state index is 0.0114. The zero-order valence-electron chi connectivity index (χ0n) is 15.1. The van der Waals surface area contributed by atoms with Gasteiger partial charge in [0.05, 0.1) is 18.1 Å². The van der Waals surface area contributed by atoms with E-state index in [1.165, 1.54) is 11.8 Å². The van der Waals surface area contributed by atoms with Crippen LogP contribution in [-0.2, 0) is 14.0 Å². The highest BCUT2D eigenvalue weighted by atomic mass is 32.2. The van der Waals surface area contributed by atoms with E-state index in [4.69, 9.17) is 4.43 Å². The summed E-state index contributed by atoms with van der Waals surface area (Å²) in [6.07, 6.45) is -0.151. The molecule has 0 saturated carbocycles. The van der Waals surface area contributed by atoms with E-state index < -0.39 is 8.32 Å². The number of rotatable bonds is 6. The fourth-order valence-corrected chi connectivity index (χ4v) is 4.62. The maximum atomic E-state index is 12.1. The molecule has 0 aromatic rings. The second-order valence-corrected chi connectivity index (χ2v) is 13.7. The molecule has 0 spiro atoms. The quantitative estimate of drug-likeness (QED) is 0.592. The van der Waals surface area contributed by atoms with Gasteiger partial charge in [-0.15, -0.1) is 0 Å². The molecule has 0 bridgehead atoms. The molecule has 1 saturated heterocycles. The maximum Gasteiger partial charge on any atom is 0.228 e. The molecule has 0 aromatic carbocycles. The zero-order chi connectivity index (χ0) is 17.3. The first-order valence-electron chi connectivity index (χ1n) is 8.07. The molecule has 4 atom stereocenters. The third-order valence-electron chi connectivity index (χ3n) is 4.99. The lowest BCUT2D eigenvalue weighted by Crippen LogP contribution is -2.66. The summed E-state index contributed by atoms with van der Waals surface area (Å²) in [7, 11) is -1.92. The largest absolute Gasteiger partial charge is 0.413 e. The second kappa shape index (κ2) is 7.05. The van der Waals surface area contributed by atoms with Gasteiger partial charge < -0.3 is 9.74 Å². The molecule has 1 rings (SSSR count). The van der Waals surface area contributed by atoms with Crippen molar-refractivity contribution in [3.05, 3.63) is 0 Å².